The van der Waals surface area contributed by atoms with Gasteiger partial charge in [-0.2, -0.15) is 0 Å². The Bertz CT molecular complexity index is 3770. The Morgan fingerprint density at radius 2 is 0.701 bits per heavy atom. The molecule has 0 spiro atoms. The Morgan fingerprint density at radius 1 is 0.254 bits per heavy atom. The van der Waals surface area contributed by atoms with E-state index in [-0.39, 0.29) is 0 Å². The van der Waals surface area contributed by atoms with Crippen molar-refractivity contribution < 1.29 is 0 Å². The first kappa shape index (κ1) is 38.6. The highest BCUT2D eigenvalue weighted by molar-refractivity contribution is 6.13. The van der Waals surface area contributed by atoms with Gasteiger partial charge in [0, 0.05) is 32.8 Å². The number of nitrogens with zero attached hydrogens (tertiary/aromatic N) is 3. The summed E-state index contributed by atoms with van der Waals surface area (Å²) in [5.41, 5.74) is 18.7. The molecule has 0 saturated heterocycles. The lowest BCUT2D eigenvalue weighted by atomic mass is 9.67. The average Bonchev–Trinajstić information content (AvgIpc) is 3.70. The zero-order valence-corrected chi connectivity index (χ0v) is 36.5. The lowest BCUT2D eigenvalue weighted by molar-refractivity contribution is 0.769. The standard InChI is InChI=1S/C64H41N3/c1-4-16-42(17-5-1)43-28-34-46(35-29-43)61-53-24-12-15-27-60(53)66-63(67-61)48-38-32-45(33-39-48)44-30-36-47(37-31-44)62-56-40-55-51-22-10-13-25-57(51)64(49-18-6-2-7-19-49,50-20-8-3-9-21-50)58(55)41-54(56)52-23-11-14-26-59(52)65-62/h1-41H. The van der Waals surface area contributed by atoms with Crippen molar-refractivity contribution in [2.75, 3.05) is 0 Å². The quantitative estimate of drug-likeness (QED) is 0.150. The summed E-state index contributed by atoms with van der Waals surface area (Å²) < 4.78 is 0. The van der Waals surface area contributed by atoms with Crippen molar-refractivity contribution in [2.24, 2.45) is 0 Å². The van der Waals surface area contributed by atoms with Crippen LogP contribution in [0.1, 0.15) is 22.3 Å². The van der Waals surface area contributed by atoms with Crippen molar-refractivity contribution in [1.82, 2.24) is 15.0 Å². The maximum atomic E-state index is 5.41. The minimum Gasteiger partial charge on any atom is -0.247 e. The fourth-order valence-corrected chi connectivity index (χ4v) is 10.6. The second kappa shape index (κ2) is 15.7. The summed E-state index contributed by atoms with van der Waals surface area (Å²) in [6.07, 6.45) is 0. The van der Waals surface area contributed by atoms with Gasteiger partial charge in [-0.15, -0.1) is 0 Å². The van der Waals surface area contributed by atoms with Gasteiger partial charge in [0.2, 0.25) is 0 Å². The van der Waals surface area contributed by atoms with Gasteiger partial charge >= 0.3 is 0 Å². The molecule has 0 atom stereocenters. The molecule has 3 nitrogen and oxygen atoms in total. The molecule has 67 heavy (non-hydrogen) atoms. The second-order valence-electron chi connectivity index (χ2n) is 17.5. The van der Waals surface area contributed by atoms with E-state index in [1.54, 1.807) is 0 Å². The van der Waals surface area contributed by atoms with Crippen molar-refractivity contribution in [1.29, 1.82) is 0 Å². The number of benzene rings is 10. The van der Waals surface area contributed by atoms with E-state index in [4.69, 9.17) is 15.0 Å². The molecule has 10 aromatic carbocycles. The number of fused-ring (bicyclic) bond motifs is 7. The number of rotatable bonds is 7. The van der Waals surface area contributed by atoms with E-state index < -0.39 is 5.41 Å². The van der Waals surface area contributed by atoms with Crippen LogP contribution in [-0.4, -0.2) is 15.0 Å². The van der Waals surface area contributed by atoms with Gasteiger partial charge < -0.3 is 0 Å². The first-order valence-electron chi connectivity index (χ1n) is 22.9. The van der Waals surface area contributed by atoms with Crippen LogP contribution < -0.4 is 0 Å². The summed E-state index contributed by atoms with van der Waals surface area (Å²) >= 11 is 0. The SMILES string of the molecule is c1ccc(-c2ccc(-c3nc(-c4ccc(-c5ccc(-c6nc7ccccc7c7cc8c(cc67)-c6ccccc6C8(c6ccccc6)c6ccccc6)cc5)cc4)nc4ccccc34)cc2)cc1. The molecule has 1 aliphatic rings. The summed E-state index contributed by atoms with van der Waals surface area (Å²) in [7, 11) is 0. The third kappa shape index (κ3) is 6.31. The van der Waals surface area contributed by atoms with Gasteiger partial charge in [0.15, 0.2) is 5.82 Å². The van der Waals surface area contributed by atoms with Crippen LogP contribution >= 0.6 is 0 Å². The zero-order valence-electron chi connectivity index (χ0n) is 36.5. The molecule has 0 fully saturated rings. The fourth-order valence-electron chi connectivity index (χ4n) is 10.6. The Balaban J connectivity index is 0.885. The Hall–Kier alpha value is -8.79. The molecule has 0 saturated carbocycles. The highest BCUT2D eigenvalue weighted by Crippen LogP contribution is 2.57. The van der Waals surface area contributed by atoms with Gasteiger partial charge in [-0.1, -0.05) is 224 Å². The van der Waals surface area contributed by atoms with Crippen LogP contribution in [0, 0.1) is 0 Å². The van der Waals surface area contributed by atoms with E-state index in [0.717, 1.165) is 66.4 Å². The van der Waals surface area contributed by atoms with Crippen LogP contribution in [0.25, 0.3) is 99.9 Å². The van der Waals surface area contributed by atoms with E-state index in [9.17, 15) is 0 Å². The first-order chi connectivity index (χ1) is 33.2. The molecule has 2 heterocycles. The van der Waals surface area contributed by atoms with Crippen LogP contribution in [0.3, 0.4) is 0 Å². The fraction of sp³-hybridized carbons (Fsp3) is 0.0156. The molecule has 13 rings (SSSR count). The Labute approximate surface area is 389 Å². The molecule has 3 heteroatoms. The predicted octanol–water partition coefficient (Wildman–Crippen LogP) is 16.0. The highest BCUT2D eigenvalue weighted by Gasteiger charge is 2.46. The minimum absolute atomic E-state index is 0.484. The molecule has 0 N–H and O–H groups in total. The first-order valence-corrected chi connectivity index (χ1v) is 22.9. The smallest absolute Gasteiger partial charge is 0.160 e. The summed E-state index contributed by atoms with van der Waals surface area (Å²) in [6, 6.07) is 89.4. The van der Waals surface area contributed by atoms with Gasteiger partial charge in [0.25, 0.3) is 0 Å². The molecule has 0 radical (unpaired) electrons. The number of hydrogen-bond acceptors (Lipinski definition) is 3. The molecular weight excluding hydrogens is 811 g/mol. The Morgan fingerprint density at radius 3 is 1.31 bits per heavy atom. The van der Waals surface area contributed by atoms with Crippen molar-refractivity contribution in [2.45, 2.75) is 5.41 Å². The van der Waals surface area contributed by atoms with Gasteiger partial charge in [-0.3, -0.25) is 0 Å². The highest BCUT2D eigenvalue weighted by atomic mass is 14.9. The molecule has 12 aromatic rings. The lowest BCUT2D eigenvalue weighted by Gasteiger charge is -2.34. The van der Waals surface area contributed by atoms with Gasteiger partial charge in [0.05, 0.1) is 27.8 Å². The van der Waals surface area contributed by atoms with Crippen molar-refractivity contribution >= 4 is 32.6 Å². The normalized spacial score (nSPS) is 12.6. The molecule has 1 aliphatic carbocycles. The zero-order chi connectivity index (χ0) is 44.3. The van der Waals surface area contributed by atoms with Gasteiger partial charge in [-0.25, -0.2) is 15.0 Å². The van der Waals surface area contributed by atoms with E-state index in [1.165, 1.54) is 49.9 Å². The summed E-state index contributed by atoms with van der Waals surface area (Å²) in [6.45, 7) is 0. The minimum atomic E-state index is -0.484. The van der Waals surface area contributed by atoms with Crippen LogP contribution in [0.15, 0.2) is 249 Å². The summed E-state index contributed by atoms with van der Waals surface area (Å²) in [5, 5.41) is 4.52. The van der Waals surface area contributed by atoms with E-state index in [1.807, 2.05) is 12.1 Å². The molecule has 2 aromatic heterocycles. The van der Waals surface area contributed by atoms with Crippen molar-refractivity contribution in [3.63, 3.8) is 0 Å². The van der Waals surface area contributed by atoms with Crippen LogP contribution in [0.2, 0.25) is 0 Å². The Kier molecular flexibility index (Phi) is 9.07. The van der Waals surface area contributed by atoms with E-state index >= 15 is 0 Å². The van der Waals surface area contributed by atoms with E-state index in [0.29, 0.717) is 5.82 Å². The van der Waals surface area contributed by atoms with Gasteiger partial charge in [-0.05, 0) is 85.3 Å². The van der Waals surface area contributed by atoms with Crippen LogP contribution in [0.4, 0.5) is 0 Å². The molecular formula is C64H41N3. The monoisotopic (exact) mass is 851 g/mol. The third-order valence-corrected chi connectivity index (χ3v) is 13.8. The van der Waals surface area contributed by atoms with Crippen molar-refractivity contribution in [3.05, 3.63) is 271 Å². The maximum absolute atomic E-state index is 5.41. The molecule has 312 valence electrons. The second-order valence-corrected chi connectivity index (χ2v) is 17.5. The van der Waals surface area contributed by atoms with Gasteiger partial charge in [0.1, 0.15) is 0 Å². The number of para-hydroxylation sites is 2. The molecule has 0 bridgehead atoms. The summed E-state index contributed by atoms with van der Waals surface area (Å²) in [4.78, 5) is 15.6. The molecule has 0 unspecified atom stereocenters. The number of aromatic nitrogens is 3. The van der Waals surface area contributed by atoms with Crippen LogP contribution in [0.5, 0.6) is 0 Å². The largest absolute Gasteiger partial charge is 0.247 e. The number of pyridine rings is 1. The maximum Gasteiger partial charge on any atom is 0.160 e. The third-order valence-electron chi connectivity index (χ3n) is 13.8. The van der Waals surface area contributed by atoms with Crippen molar-refractivity contribution in [3.8, 4) is 67.3 Å². The van der Waals surface area contributed by atoms with E-state index in [2.05, 4.69) is 237 Å². The summed E-state index contributed by atoms with van der Waals surface area (Å²) in [5.74, 6) is 0.705. The lowest BCUT2D eigenvalue weighted by Crippen LogP contribution is -2.28. The topological polar surface area (TPSA) is 38.7 Å². The molecule has 0 aliphatic heterocycles. The molecule has 0 amide bonds. The average molecular weight is 852 g/mol. The predicted molar refractivity (Wildman–Crippen MR) is 277 cm³/mol. The van der Waals surface area contributed by atoms with Crippen LogP contribution in [-0.2, 0) is 5.41 Å². The number of hydrogen-bond donors (Lipinski definition) is 0.